The quantitative estimate of drug-likeness (QED) is 0.301. The van der Waals surface area contributed by atoms with E-state index in [2.05, 4.69) is 67.6 Å². The molecular weight excluding hydrogens is 473 g/mol. The summed E-state index contributed by atoms with van der Waals surface area (Å²) in [5.74, 6) is 0.951. The van der Waals surface area contributed by atoms with E-state index in [0.717, 1.165) is 18.9 Å². The topological polar surface area (TPSA) is 70.6 Å². The fourth-order valence-corrected chi connectivity index (χ4v) is 3.41. The van der Waals surface area contributed by atoms with Crippen molar-refractivity contribution >= 4 is 39.8 Å². The Kier molecular flexibility index (Phi) is 11.5. The molecule has 0 fully saturated rings. The van der Waals surface area contributed by atoms with Gasteiger partial charge in [0, 0.05) is 19.3 Å². The molecule has 2 N–H and O–H groups in total. The van der Waals surface area contributed by atoms with E-state index in [4.69, 9.17) is 0 Å². The van der Waals surface area contributed by atoms with E-state index in [0.29, 0.717) is 13.0 Å². The van der Waals surface area contributed by atoms with Crippen LogP contribution in [0.15, 0.2) is 29.3 Å². The molecule has 27 heavy (non-hydrogen) atoms. The van der Waals surface area contributed by atoms with Crippen LogP contribution in [-0.4, -0.2) is 39.5 Å². The second-order valence-electron chi connectivity index (χ2n) is 7.70. The van der Waals surface area contributed by atoms with Gasteiger partial charge in [0.05, 0.1) is 11.8 Å². The molecule has 0 aliphatic heterocycles. The Labute approximate surface area is 182 Å². The highest BCUT2D eigenvalue weighted by Gasteiger charge is 2.20. The van der Waals surface area contributed by atoms with Crippen molar-refractivity contribution in [2.75, 3.05) is 25.1 Å². The summed E-state index contributed by atoms with van der Waals surface area (Å²) in [5, 5.41) is 6.71. The Bertz CT molecular complexity index is 686. The van der Waals surface area contributed by atoms with Crippen LogP contribution >= 0.6 is 24.0 Å². The van der Waals surface area contributed by atoms with Gasteiger partial charge in [-0.2, -0.15) is 0 Å². The van der Waals surface area contributed by atoms with Crippen molar-refractivity contribution in [2.45, 2.75) is 53.5 Å². The average molecular weight is 509 g/mol. The number of rotatable bonds is 9. The molecule has 1 rings (SSSR count). The molecule has 156 valence electrons. The average Bonchev–Trinajstić information content (AvgIpc) is 2.58. The summed E-state index contributed by atoms with van der Waals surface area (Å²) < 4.78 is 22.8. The molecule has 0 saturated carbocycles. The number of aliphatic imine (C=N–C) groups is 1. The Hall–Kier alpha value is -0.830. The van der Waals surface area contributed by atoms with E-state index < -0.39 is 9.84 Å². The molecule has 0 heterocycles. The highest BCUT2D eigenvalue weighted by atomic mass is 127. The van der Waals surface area contributed by atoms with Crippen LogP contribution in [0.4, 0.5) is 0 Å². The van der Waals surface area contributed by atoms with E-state index in [-0.39, 0.29) is 41.2 Å². The van der Waals surface area contributed by atoms with Crippen molar-refractivity contribution in [2.24, 2.45) is 10.4 Å². The number of sulfone groups is 1. The molecule has 0 spiro atoms. The number of halogens is 1. The van der Waals surface area contributed by atoms with Gasteiger partial charge in [-0.05, 0) is 43.2 Å². The van der Waals surface area contributed by atoms with Crippen LogP contribution in [-0.2, 0) is 16.3 Å². The van der Waals surface area contributed by atoms with E-state index in [1.165, 1.54) is 17.4 Å². The van der Waals surface area contributed by atoms with Gasteiger partial charge in [-0.25, -0.2) is 8.42 Å². The standard InChI is InChI=1S/C20H35N3O2S.HI/c1-7-17-9-11-18(12-10-17)16(3)23-19(21-8-2)22-15-20(4,5)13-14-26(6,24)25;/h9-12,16H,7-8,13-15H2,1-6H3,(H2,21,22,23);1H. The third-order valence-corrected chi connectivity index (χ3v) is 5.35. The summed E-state index contributed by atoms with van der Waals surface area (Å²) in [4.78, 5) is 4.68. The number of hydrogen-bond acceptors (Lipinski definition) is 3. The summed E-state index contributed by atoms with van der Waals surface area (Å²) in [6, 6.07) is 8.75. The first-order valence-corrected chi connectivity index (χ1v) is 11.4. The highest BCUT2D eigenvalue weighted by molar-refractivity contribution is 14.0. The normalized spacial score (nSPS) is 13.6. The molecule has 1 atom stereocenters. The van der Waals surface area contributed by atoms with Gasteiger partial charge in [-0.3, -0.25) is 4.99 Å². The Morgan fingerprint density at radius 3 is 2.26 bits per heavy atom. The third kappa shape index (κ3) is 10.9. The molecule has 1 unspecified atom stereocenters. The van der Waals surface area contributed by atoms with Crippen LogP contribution in [0, 0.1) is 5.41 Å². The molecule has 0 aliphatic rings. The van der Waals surface area contributed by atoms with Gasteiger partial charge < -0.3 is 10.6 Å². The van der Waals surface area contributed by atoms with Crippen LogP contribution in [0.2, 0.25) is 0 Å². The minimum atomic E-state index is -2.95. The van der Waals surface area contributed by atoms with Crippen molar-refractivity contribution in [3.63, 3.8) is 0 Å². The molecule has 5 nitrogen and oxygen atoms in total. The van der Waals surface area contributed by atoms with Crippen molar-refractivity contribution in [1.82, 2.24) is 10.6 Å². The first-order chi connectivity index (χ1) is 12.1. The van der Waals surface area contributed by atoms with Crippen LogP contribution < -0.4 is 10.6 Å². The fourth-order valence-electron chi connectivity index (χ4n) is 2.48. The van der Waals surface area contributed by atoms with Crippen molar-refractivity contribution in [1.29, 1.82) is 0 Å². The third-order valence-electron chi connectivity index (χ3n) is 4.40. The van der Waals surface area contributed by atoms with Crippen molar-refractivity contribution in [3.8, 4) is 0 Å². The van der Waals surface area contributed by atoms with Gasteiger partial charge in [-0.15, -0.1) is 24.0 Å². The zero-order chi connectivity index (χ0) is 19.8. The second-order valence-corrected chi connectivity index (χ2v) is 9.96. The minimum Gasteiger partial charge on any atom is -0.357 e. The lowest BCUT2D eigenvalue weighted by atomic mass is 9.90. The maximum Gasteiger partial charge on any atom is 0.191 e. The minimum absolute atomic E-state index is 0. The monoisotopic (exact) mass is 509 g/mol. The fraction of sp³-hybridized carbons (Fsp3) is 0.650. The van der Waals surface area contributed by atoms with Gasteiger partial charge in [0.25, 0.3) is 0 Å². The van der Waals surface area contributed by atoms with Crippen LogP contribution in [0.3, 0.4) is 0 Å². The van der Waals surface area contributed by atoms with Gasteiger partial charge in [0.2, 0.25) is 0 Å². The zero-order valence-electron chi connectivity index (χ0n) is 17.5. The SMILES string of the molecule is CCNC(=NCC(C)(C)CCS(C)(=O)=O)NC(C)c1ccc(CC)cc1.I. The van der Waals surface area contributed by atoms with Gasteiger partial charge >= 0.3 is 0 Å². The molecule has 1 aromatic carbocycles. The molecule has 0 saturated heterocycles. The lowest BCUT2D eigenvalue weighted by Gasteiger charge is -2.24. The van der Waals surface area contributed by atoms with E-state index in [1.807, 2.05) is 6.92 Å². The molecule has 0 aliphatic carbocycles. The number of guanidine groups is 1. The Morgan fingerprint density at radius 2 is 1.78 bits per heavy atom. The summed E-state index contributed by atoms with van der Waals surface area (Å²) in [7, 11) is -2.95. The smallest absolute Gasteiger partial charge is 0.191 e. The van der Waals surface area contributed by atoms with Gasteiger partial charge in [0.1, 0.15) is 9.84 Å². The van der Waals surface area contributed by atoms with E-state index in [9.17, 15) is 8.42 Å². The van der Waals surface area contributed by atoms with Crippen LogP contribution in [0.5, 0.6) is 0 Å². The number of aryl methyl sites for hydroxylation is 1. The molecule has 0 aromatic heterocycles. The molecular formula is C20H36IN3O2S. The molecule has 0 bridgehead atoms. The predicted molar refractivity (Wildman–Crippen MR) is 127 cm³/mol. The zero-order valence-corrected chi connectivity index (χ0v) is 20.6. The number of nitrogens with one attached hydrogen (secondary N) is 2. The molecule has 0 radical (unpaired) electrons. The van der Waals surface area contributed by atoms with Crippen LogP contribution in [0.1, 0.15) is 58.2 Å². The molecule has 7 heteroatoms. The van der Waals surface area contributed by atoms with Gasteiger partial charge in [0.15, 0.2) is 5.96 Å². The highest BCUT2D eigenvalue weighted by Crippen LogP contribution is 2.21. The Morgan fingerprint density at radius 1 is 1.19 bits per heavy atom. The van der Waals surface area contributed by atoms with Crippen molar-refractivity contribution < 1.29 is 8.42 Å². The largest absolute Gasteiger partial charge is 0.357 e. The summed E-state index contributed by atoms with van der Waals surface area (Å²) >= 11 is 0. The van der Waals surface area contributed by atoms with Crippen molar-refractivity contribution in [3.05, 3.63) is 35.4 Å². The maximum atomic E-state index is 11.4. The number of nitrogens with zero attached hydrogens (tertiary/aromatic N) is 1. The van der Waals surface area contributed by atoms with E-state index in [1.54, 1.807) is 0 Å². The summed E-state index contributed by atoms with van der Waals surface area (Å²) in [6.45, 7) is 11.8. The van der Waals surface area contributed by atoms with Gasteiger partial charge in [-0.1, -0.05) is 45.0 Å². The lowest BCUT2D eigenvalue weighted by Crippen LogP contribution is -2.39. The Balaban J connectivity index is 0.00000676. The maximum absolute atomic E-state index is 11.4. The molecule has 0 amide bonds. The first-order valence-electron chi connectivity index (χ1n) is 9.37. The first kappa shape index (κ1) is 26.2. The summed E-state index contributed by atoms with van der Waals surface area (Å²) in [5.41, 5.74) is 2.37. The number of benzene rings is 1. The predicted octanol–water partition coefficient (Wildman–Crippen LogP) is 3.94. The van der Waals surface area contributed by atoms with Crippen LogP contribution in [0.25, 0.3) is 0 Å². The lowest BCUT2D eigenvalue weighted by molar-refractivity contribution is 0.365. The molecule has 1 aromatic rings. The number of hydrogen-bond donors (Lipinski definition) is 2. The second kappa shape index (κ2) is 11.9. The van der Waals surface area contributed by atoms with E-state index >= 15 is 0 Å². The summed E-state index contributed by atoms with van der Waals surface area (Å²) in [6.07, 6.45) is 2.92.